The van der Waals surface area contributed by atoms with Crippen molar-refractivity contribution in [2.45, 2.75) is 0 Å². The van der Waals surface area contributed by atoms with Gasteiger partial charge in [0, 0.05) is 12.1 Å². The topological polar surface area (TPSA) is 141 Å². The minimum atomic E-state index is -0.825. The van der Waals surface area contributed by atoms with Gasteiger partial charge in [0.1, 0.15) is 17.4 Å². The number of nitriles is 1. The van der Waals surface area contributed by atoms with E-state index >= 15 is 0 Å². The summed E-state index contributed by atoms with van der Waals surface area (Å²) in [4.78, 5) is 35.4. The highest BCUT2D eigenvalue weighted by Gasteiger charge is 2.17. The lowest BCUT2D eigenvalue weighted by Crippen LogP contribution is -2.14. The van der Waals surface area contributed by atoms with Gasteiger partial charge in [0.25, 0.3) is 11.6 Å². The van der Waals surface area contributed by atoms with Crippen molar-refractivity contribution in [2.24, 2.45) is 0 Å². The van der Waals surface area contributed by atoms with Crippen LogP contribution in [0.2, 0.25) is 5.02 Å². The molecule has 0 saturated carbocycles. The third kappa shape index (κ3) is 6.16. The van der Waals surface area contributed by atoms with Crippen LogP contribution in [0.25, 0.3) is 6.08 Å². The molecule has 0 aliphatic heterocycles. The van der Waals surface area contributed by atoms with Crippen LogP contribution in [0.15, 0.2) is 66.2 Å². The lowest BCUT2D eigenvalue weighted by Gasteiger charge is -2.11. The van der Waals surface area contributed by atoms with Crippen LogP contribution in [0.3, 0.4) is 0 Å². The van der Waals surface area contributed by atoms with E-state index in [1.165, 1.54) is 50.6 Å². The summed E-state index contributed by atoms with van der Waals surface area (Å²) in [5.41, 5.74) is 0.0951. The number of carbonyl (C=O) groups is 2. The van der Waals surface area contributed by atoms with Crippen molar-refractivity contribution in [3.63, 3.8) is 0 Å². The Hall–Kier alpha value is -4.88. The molecular weight excluding hydrogens is 490 g/mol. The van der Waals surface area contributed by atoms with Gasteiger partial charge in [-0.15, -0.1) is 0 Å². The first-order valence-corrected chi connectivity index (χ1v) is 10.5. The molecule has 0 unspecified atom stereocenters. The average Bonchev–Trinajstić information content (AvgIpc) is 2.88. The van der Waals surface area contributed by atoms with Gasteiger partial charge in [-0.3, -0.25) is 14.9 Å². The highest BCUT2D eigenvalue weighted by Crippen LogP contribution is 2.31. The molecule has 3 aromatic carbocycles. The third-order valence-corrected chi connectivity index (χ3v) is 5.13. The standard InChI is InChI=1S/C25H18ClN3O7/c1-34-19-7-4-16(5-8-19)25(31)36-22-10-3-15(12-23(22)35-2)11-17(14-27)24(30)28-21-13-18(29(32)33)6-9-20(21)26/h3-13H,1-2H3,(H,28,30)/b17-11+. The number of benzene rings is 3. The van der Waals surface area contributed by atoms with Crippen LogP contribution in [0, 0.1) is 21.4 Å². The number of carbonyl (C=O) groups excluding carboxylic acids is 2. The normalized spacial score (nSPS) is 10.7. The summed E-state index contributed by atoms with van der Waals surface area (Å²) < 4.78 is 15.8. The second-order valence-corrected chi connectivity index (χ2v) is 7.48. The Morgan fingerprint density at radius 2 is 1.75 bits per heavy atom. The number of nitrogens with one attached hydrogen (secondary N) is 1. The van der Waals surface area contributed by atoms with Gasteiger partial charge in [-0.1, -0.05) is 17.7 Å². The van der Waals surface area contributed by atoms with E-state index in [4.69, 9.17) is 25.8 Å². The SMILES string of the molecule is COc1ccc(C(=O)Oc2ccc(/C=C(\C#N)C(=O)Nc3cc([N+](=O)[O-])ccc3Cl)cc2OC)cc1. The van der Waals surface area contributed by atoms with Gasteiger partial charge in [0.05, 0.1) is 35.4 Å². The highest BCUT2D eigenvalue weighted by atomic mass is 35.5. The van der Waals surface area contributed by atoms with Gasteiger partial charge in [-0.25, -0.2) is 4.79 Å². The molecule has 3 aromatic rings. The fourth-order valence-electron chi connectivity index (χ4n) is 2.97. The Morgan fingerprint density at radius 1 is 1.03 bits per heavy atom. The Morgan fingerprint density at radius 3 is 2.36 bits per heavy atom. The molecule has 1 N–H and O–H groups in total. The number of nitrogens with zero attached hydrogens (tertiary/aromatic N) is 2. The molecule has 0 bridgehead atoms. The zero-order valence-corrected chi connectivity index (χ0v) is 19.7. The van der Waals surface area contributed by atoms with E-state index in [-0.39, 0.29) is 33.5 Å². The number of rotatable bonds is 8. The highest BCUT2D eigenvalue weighted by molar-refractivity contribution is 6.34. The molecule has 10 nitrogen and oxygen atoms in total. The quantitative estimate of drug-likeness (QED) is 0.112. The molecule has 0 radical (unpaired) electrons. The number of amides is 1. The van der Waals surface area contributed by atoms with E-state index in [2.05, 4.69) is 5.32 Å². The maximum Gasteiger partial charge on any atom is 0.343 e. The Balaban J connectivity index is 1.81. The Labute approximate surface area is 210 Å². The number of nitro groups is 1. The second kappa shape index (κ2) is 11.5. The zero-order valence-electron chi connectivity index (χ0n) is 19.0. The smallest absolute Gasteiger partial charge is 0.343 e. The number of anilines is 1. The first-order chi connectivity index (χ1) is 17.2. The van der Waals surface area contributed by atoms with E-state index in [1.807, 2.05) is 0 Å². The molecule has 3 rings (SSSR count). The lowest BCUT2D eigenvalue weighted by molar-refractivity contribution is -0.384. The summed E-state index contributed by atoms with van der Waals surface area (Å²) in [5, 5.41) is 22.9. The Bertz CT molecular complexity index is 1400. The average molecular weight is 508 g/mol. The van der Waals surface area contributed by atoms with Crippen molar-refractivity contribution in [3.8, 4) is 23.3 Å². The molecule has 182 valence electrons. The molecule has 0 spiro atoms. The summed E-state index contributed by atoms with van der Waals surface area (Å²) in [7, 11) is 2.88. The minimum absolute atomic E-state index is 0.0182. The number of hydrogen-bond acceptors (Lipinski definition) is 8. The molecule has 0 saturated heterocycles. The van der Waals surface area contributed by atoms with Crippen LogP contribution in [-0.2, 0) is 4.79 Å². The molecule has 11 heteroatoms. The minimum Gasteiger partial charge on any atom is -0.497 e. The number of esters is 1. The van der Waals surface area contributed by atoms with Crippen molar-refractivity contribution in [3.05, 3.63) is 92.5 Å². The van der Waals surface area contributed by atoms with Crippen molar-refractivity contribution in [2.75, 3.05) is 19.5 Å². The van der Waals surface area contributed by atoms with Crippen molar-refractivity contribution < 1.29 is 28.7 Å². The van der Waals surface area contributed by atoms with Gasteiger partial charge in [-0.05, 0) is 54.1 Å². The number of hydrogen-bond donors (Lipinski definition) is 1. The van der Waals surface area contributed by atoms with Crippen LogP contribution in [0.1, 0.15) is 15.9 Å². The van der Waals surface area contributed by atoms with Crippen LogP contribution in [0.4, 0.5) is 11.4 Å². The number of halogens is 1. The van der Waals surface area contributed by atoms with Gasteiger partial charge >= 0.3 is 5.97 Å². The van der Waals surface area contributed by atoms with Gasteiger partial charge in [0.2, 0.25) is 0 Å². The Kier molecular flexibility index (Phi) is 8.22. The number of methoxy groups -OCH3 is 2. The van der Waals surface area contributed by atoms with Crippen molar-refractivity contribution in [1.82, 2.24) is 0 Å². The van der Waals surface area contributed by atoms with E-state index in [0.717, 1.165) is 6.07 Å². The van der Waals surface area contributed by atoms with Gasteiger partial charge in [0.15, 0.2) is 11.5 Å². The first-order valence-electron chi connectivity index (χ1n) is 10.2. The zero-order chi connectivity index (χ0) is 26.2. The molecule has 0 atom stereocenters. The fraction of sp³-hybridized carbons (Fsp3) is 0.0800. The molecule has 0 aliphatic rings. The molecule has 0 heterocycles. The largest absolute Gasteiger partial charge is 0.497 e. The van der Waals surface area contributed by atoms with Crippen molar-refractivity contribution in [1.29, 1.82) is 5.26 Å². The molecule has 0 aliphatic carbocycles. The van der Waals surface area contributed by atoms with E-state index in [0.29, 0.717) is 16.9 Å². The van der Waals surface area contributed by atoms with Crippen molar-refractivity contribution >= 4 is 40.9 Å². The third-order valence-electron chi connectivity index (χ3n) is 4.80. The summed E-state index contributed by atoms with van der Waals surface area (Å²) in [5.74, 6) is -0.545. The molecule has 36 heavy (non-hydrogen) atoms. The molecular formula is C25H18ClN3O7. The van der Waals surface area contributed by atoms with E-state index in [1.54, 1.807) is 30.3 Å². The van der Waals surface area contributed by atoms with Crippen LogP contribution < -0.4 is 19.5 Å². The number of nitro benzene ring substituents is 1. The molecule has 0 aromatic heterocycles. The van der Waals surface area contributed by atoms with Gasteiger partial charge < -0.3 is 19.5 Å². The summed E-state index contributed by atoms with van der Waals surface area (Å²) in [6.45, 7) is 0. The van der Waals surface area contributed by atoms with Gasteiger partial charge in [-0.2, -0.15) is 5.26 Å². The maximum absolute atomic E-state index is 12.6. The lowest BCUT2D eigenvalue weighted by atomic mass is 10.1. The van der Waals surface area contributed by atoms with Crippen LogP contribution in [-0.4, -0.2) is 31.0 Å². The second-order valence-electron chi connectivity index (χ2n) is 7.07. The predicted molar refractivity (Wildman–Crippen MR) is 131 cm³/mol. The van der Waals surface area contributed by atoms with E-state index < -0.39 is 16.8 Å². The summed E-state index contributed by atoms with van der Waals surface area (Å²) in [6, 6.07) is 16.1. The number of non-ortho nitro benzene ring substituents is 1. The maximum atomic E-state index is 12.6. The molecule has 0 fully saturated rings. The number of ether oxygens (including phenoxy) is 3. The first kappa shape index (κ1) is 25.7. The predicted octanol–water partition coefficient (Wildman–Crippen LogP) is 5.03. The summed E-state index contributed by atoms with van der Waals surface area (Å²) in [6.07, 6.45) is 1.28. The summed E-state index contributed by atoms with van der Waals surface area (Å²) >= 11 is 6.01. The van der Waals surface area contributed by atoms with Crippen LogP contribution in [0.5, 0.6) is 17.2 Å². The fourth-order valence-corrected chi connectivity index (χ4v) is 3.14. The monoisotopic (exact) mass is 507 g/mol. The van der Waals surface area contributed by atoms with Crippen LogP contribution >= 0.6 is 11.6 Å². The molecule has 1 amide bonds. The van der Waals surface area contributed by atoms with E-state index in [9.17, 15) is 25.0 Å².